The van der Waals surface area contributed by atoms with Gasteiger partial charge in [0, 0.05) is 43.3 Å². The van der Waals surface area contributed by atoms with Crippen LogP contribution in [0.5, 0.6) is 5.88 Å². The summed E-state index contributed by atoms with van der Waals surface area (Å²) in [6.45, 7) is 0.278. The maximum Gasteiger partial charge on any atom is 0.434 e. The van der Waals surface area contributed by atoms with E-state index >= 15 is 4.39 Å². The summed E-state index contributed by atoms with van der Waals surface area (Å²) in [6.07, 6.45) is -0.187. The van der Waals surface area contributed by atoms with Gasteiger partial charge in [-0.15, -0.1) is 0 Å². The molecular weight excluding hydrogens is 530 g/mol. The Bertz CT molecular complexity index is 1580. The van der Waals surface area contributed by atoms with Gasteiger partial charge in [-0.3, -0.25) is 0 Å². The van der Waals surface area contributed by atoms with Crippen LogP contribution in [0.15, 0.2) is 36.8 Å². The Kier molecular flexibility index (Phi) is 6.21. The number of fused-ring (bicyclic) bond motifs is 1. The fourth-order valence-electron chi connectivity index (χ4n) is 4.95. The summed E-state index contributed by atoms with van der Waals surface area (Å²) >= 11 is 0. The number of benzene rings is 1. The molecule has 1 saturated carbocycles. The Hall–Kier alpha value is -4.13. The van der Waals surface area contributed by atoms with E-state index in [2.05, 4.69) is 25.3 Å². The summed E-state index contributed by atoms with van der Waals surface area (Å²) in [7, 11) is 2.98. The van der Waals surface area contributed by atoms with E-state index in [0.29, 0.717) is 22.5 Å². The van der Waals surface area contributed by atoms with Gasteiger partial charge in [0.05, 0.1) is 12.8 Å². The minimum absolute atomic E-state index is 0.0988. The first-order valence-corrected chi connectivity index (χ1v) is 12.7. The van der Waals surface area contributed by atoms with Crippen molar-refractivity contribution in [3.8, 4) is 28.7 Å². The van der Waals surface area contributed by atoms with Crippen LogP contribution in [0.25, 0.3) is 22.8 Å². The lowest BCUT2D eigenvalue weighted by Crippen LogP contribution is -2.18. The van der Waals surface area contributed by atoms with Crippen LogP contribution in [-0.4, -0.2) is 41.7 Å². The van der Waals surface area contributed by atoms with Gasteiger partial charge in [0.25, 0.3) is 5.85 Å². The number of methoxy groups -OCH3 is 1. The van der Waals surface area contributed by atoms with E-state index < -0.39 is 17.7 Å². The molecule has 3 aromatic heterocycles. The topological polar surface area (TPSA) is 111 Å². The van der Waals surface area contributed by atoms with E-state index in [1.807, 2.05) is 0 Å². The fraction of sp³-hybridized carbons (Fsp3) is 0.370. The molecule has 40 heavy (non-hydrogen) atoms. The van der Waals surface area contributed by atoms with Crippen LogP contribution >= 0.6 is 0 Å². The average molecular weight is 556 g/mol. The molecule has 0 aliphatic heterocycles. The number of aryl methyl sites for hydroxylation is 1. The number of anilines is 1. The minimum Gasteiger partial charge on any atom is -0.480 e. The fourth-order valence-corrected chi connectivity index (χ4v) is 4.95. The molecular formula is C27H25F4N7O2. The van der Waals surface area contributed by atoms with Crippen molar-refractivity contribution in [1.82, 2.24) is 29.5 Å². The monoisotopic (exact) mass is 555 g/mol. The van der Waals surface area contributed by atoms with Gasteiger partial charge in [0.1, 0.15) is 29.2 Å². The first-order chi connectivity index (χ1) is 19.0. The molecule has 0 amide bonds. The smallest absolute Gasteiger partial charge is 0.434 e. The molecule has 1 aromatic carbocycles. The van der Waals surface area contributed by atoms with Crippen molar-refractivity contribution in [2.45, 2.75) is 50.2 Å². The van der Waals surface area contributed by atoms with Gasteiger partial charge < -0.3 is 19.7 Å². The number of ether oxygens (including phenoxy) is 1. The average Bonchev–Trinajstić information content (AvgIpc) is 3.63. The highest BCUT2D eigenvalue weighted by molar-refractivity contribution is 5.69. The van der Waals surface area contributed by atoms with Gasteiger partial charge in [-0.1, -0.05) is 24.3 Å². The van der Waals surface area contributed by atoms with Crippen molar-refractivity contribution in [2.24, 2.45) is 7.05 Å². The second-order valence-corrected chi connectivity index (χ2v) is 10.0. The van der Waals surface area contributed by atoms with Crippen LogP contribution < -0.4 is 10.1 Å². The number of aromatic nitrogens is 6. The lowest BCUT2D eigenvalue weighted by molar-refractivity contribution is -0.140. The van der Waals surface area contributed by atoms with E-state index in [9.17, 15) is 18.3 Å². The van der Waals surface area contributed by atoms with E-state index in [4.69, 9.17) is 9.72 Å². The highest BCUT2D eigenvalue weighted by Gasteiger charge is 2.42. The zero-order valence-corrected chi connectivity index (χ0v) is 21.6. The molecule has 0 bridgehead atoms. The number of rotatable bonds is 7. The molecule has 4 aromatic rings. The number of hydrogen-bond donors (Lipinski definition) is 2. The van der Waals surface area contributed by atoms with E-state index in [0.717, 1.165) is 30.3 Å². The molecule has 6 rings (SSSR count). The predicted octanol–water partition coefficient (Wildman–Crippen LogP) is 4.91. The van der Waals surface area contributed by atoms with Crippen LogP contribution in [-0.2, 0) is 32.0 Å². The molecule has 1 unspecified atom stereocenters. The first-order valence-electron chi connectivity index (χ1n) is 12.7. The largest absolute Gasteiger partial charge is 0.480 e. The quantitative estimate of drug-likeness (QED) is 0.310. The van der Waals surface area contributed by atoms with E-state index in [-0.39, 0.29) is 48.5 Å². The zero-order valence-electron chi connectivity index (χ0n) is 21.6. The van der Waals surface area contributed by atoms with E-state index in [1.165, 1.54) is 25.1 Å². The SMILES string of the molecule is COc1ncnc(C2CC2)c1-c1nc(NCc2ccc(-c3nc(C(F)(F)F)cn3C)cc2)c2c(n1)C(O)(F)CC2. The van der Waals surface area contributed by atoms with Gasteiger partial charge in [0.2, 0.25) is 5.88 Å². The number of hydrogen-bond acceptors (Lipinski definition) is 8. The molecule has 208 valence electrons. The Morgan fingerprint density at radius 3 is 2.52 bits per heavy atom. The maximum atomic E-state index is 15.1. The Morgan fingerprint density at radius 2 is 1.88 bits per heavy atom. The normalized spacial score (nSPS) is 18.6. The van der Waals surface area contributed by atoms with Gasteiger partial charge in [-0.05, 0) is 24.8 Å². The number of imidazole rings is 1. The van der Waals surface area contributed by atoms with Crippen LogP contribution in [0.4, 0.5) is 23.4 Å². The van der Waals surface area contributed by atoms with Crippen LogP contribution in [0.2, 0.25) is 0 Å². The third-order valence-electron chi connectivity index (χ3n) is 7.14. The summed E-state index contributed by atoms with van der Waals surface area (Å²) in [5.74, 6) is -1.42. The lowest BCUT2D eigenvalue weighted by atomic mass is 10.1. The van der Waals surface area contributed by atoms with Gasteiger partial charge in [-0.25, -0.2) is 29.3 Å². The zero-order chi connectivity index (χ0) is 28.2. The summed E-state index contributed by atoms with van der Waals surface area (Å²) in [6, 6.07) is 6.89. The molecule has 0 saturated heterocycles. The van der Waals surface area contributed by atoms with Crippen LogP contribution in [0.3, 0.4) is 0 Å². The van der Waals surface area contributed by atoms with Gasteiger partial charge in [-0.2, -0.15) is 13.2 Å². The number of halogens is 4. The summed E-state index contributed by atoms with van der Waals surface area (Å²) in [5.41, 5.74) is 1.94. The number of nitrogens with one attached hydrogen (secondary N) is 1. The van der Waals surface area contributed by atoms with Gasteiger partial charge in [0.15, 0.2) is 11.5 Å². The van der Waals surface area contributed by atoms with Crippen molar-refractivity contribution >= 4 is 5.82 Å². The van der Waals surface area contributed by atoms with Crippen molar-refractivity contribution in [2.75, 3.05) is 12.4 Å². The second-order valence-electron chi connectivity index (χ2n) is 10.0. The second kappa shape index (κ2) is 9.51. The molecule has 1 fully saturated rings. The molecule has 2 N–H and O–H groups in total. The first kappa shape index (κ1) is 26.1. The molecule has 13 heteroatoms. The number of alkyl halides is 4. The Morgan fingerprint density at radius 1 is 1.12 bits per heavy atom. The molecule has 3 heterocycles. The van der Waals surface area contributed by atoms with Crippen molar-refractivity contribution in [1.29, 1.82) is 0 Å². The number of aliphatic hydroxyl groups is 1. The Balaban J connectivity index is 1.31. The molecule has 2 aliphatic rings. The Labute approximate surface area is 226 Å². The van der Waals surface area contributed by atoms with Crippen LogP contribution in [0.1, 0.15) is 53.4 Å². The predicted molar refractivity (Wildman–Crippen MR) is 136 cm³/mol. The molecule has 0 radical (unpaired) electrons. The standard InChI is InChI=1S/C27H25F4N7O2/c1-38-12-18(27(29,30)31)35-24(38)16-5-3-14(4-6-16)11-32-22-17-9-10-26(28,39)21(17)36-23(37-22)19-20(15-7-8-15)33-13-34-25(19)40-2/h3-6,12-13,15,39H,7-11H2,1-2H3,(H,32,36,37). The lowest BCUT2D eigenvalue weighted by Gasteiger charge is -2.17. The maximum absolute atomic E-state index is 15.1. The summed E-state index contributed by atoms with van der Waals surface area (Å²) in [5, 5.41) is 13.7. The molecule has 2 aliphatic carbocycles. The van der Waals surface area contributed by atoms with Crippen molar-refractivity contribution in [3.63, 3.8) is 0 Å². The van der Waals surface area contributed by atoms with Crippen molar-refractivity contribution < 1.29 is 27.4 Å². The van der Waals surface area contributed by atoms with Crippen molar-refractivity contribution in [3.05, 3.63) is 65.0 Å². The van der Waals surface area contributed by atoms with E-state index in [1.54, 1.807) is 24.3 Å². The van der Waals surface area contributed by atoms with Gasteiger partial charge >= 0.3 is 6.18 Å². The minimum atomic E-state index is -4.53. The molecule has 9 nitrogen and oxygen atoms in total. The number of nitrogens with zero attached hydrogens (tertiary/aromatic N) is 6. The molecule has 0 spiro atoms. The highest BCUT2D eigenvalue weighted by atomic mass is 19.4. The third-order valence-corrected chi connectivity index (χ3v) is 7.14. The molecule has 1 atom stereocenters. The summed E-state index contributed by atoms with van der Waals surface area (Å²) in [4.78, 5) is 21.5. The highest BCUT2D eigenvalue weighted by Crippen LogP contribution is 2.46. The summed E-state index contributed by atoms with van der Waals surface area (Å²) < 4.78 is 61.1. The van der Waals surface area contributed by atoms with Crippen LogP contribution in [0, 0.1) is 0 Å². The third kappa shape index (κ3) is 4.74.